The lowest BCUT2D eigenvalue weighted by atomic mass is 9.68. The number of hydrogen-bond donors (Lipinski definition) is 0. The molecule has 0 bridgehead atoms. The summed E-state index contributed by atoms with van der Waals surface area (Å²) in [5, 5.41) is 2.46. The standard InChI is InChI=1S/C65H45N/c1-4-18-46(19-5-1)47-34-36-48(37-35-47)49-38-42-54(43-39-49)66(63-33-15-12-28-59(63)60-30-17-23-51-22-16-29-56(64(51)60)50-20-6-2-7-21-50)55-44-40-53(41-45-55)65(52-24-8-3-9-25-52)61-31-13-10-26-57(61)58-27-11-14-32-62(58)65/h1-45H. The van der Waals surface area contributed by atoms with Crippen LogP contribution in [0.2, 0.25) is 0 Å². The van der Waals surface area contributed by atoms with Gasteiger partial charge in [0.25, 0.3) is 0 Å². The van der Waals surface area contributed by atoms with Gasteiger partial charge >= 0.3 is 0 Å². The fourth-order valence-electron chi connectivity index (χ4n) is 10.6. The average Bonchev–Trinajstić information content (AvgIpc) is 3.71. The highest BCUT2D eigenvalue weighted by Gasteiger charge is 2.45. The Kier molecular flexibility index (Phi) is 9.81. The molecule has 310 valence electrons. The van der Waals surface area contributed by atoms with E-state index in [0.29, 0.717) is 0 Å². The summed E-state index contributed by atoms with van der Waals surface area (Å²) in [6.07, 6.45) is 0. The van der Waals surface area contributed by atoms with Gasteiger partial charge in [0.2, 0.25) is 0 Å². The van der Waals surface area contributed by atoms with Crippen LogP contribution in [-0.2, 0) is 5.41 Å². The maximum Gasteiger partial charge on any atom is 0.0713 e. The molecule has 0 N–H and O–H groups in total. The molecule has 1 nitrogen and oxygen atoms in total. The van der Waals surface area contributed by atoms with Crippen molar-refractivity contribution in [2.24, 2.45) is 0 Å². The van der Waals surface area contributed by atoms with Gasteiger partial charge in [0.05, 0.1) is 11.1 Å². The summed E-state index contributed by atoms with van der Waals surface area (Å²) >= 11 is 0. The van der Waals surface area contributed by atoms with Gasteiger partial charge in [-0.3, -0.25) is 0 Å². The van der Waals surface area contributed by atoms with E-state index >= 15 is 0 Å². The number of anilines is 3. The number of hydrogen-bond acceptors (Lipinski definition) is 1. The zero-order chi connectivity index (χ0) is 43.9. The highest BCUT2D eigenvalue weighted by molar-refractivity contribution is 6.09. The lowest BCUT2D eigenvalue weighted by Gasteiger charge is -2.34. The molecule has 0 heterocycles. The molecule has 11 aromatic rings. The minimum atomic E-state index is -0.482. The molecule has 0 amide bonds. The molecule has 1 aliphatic rings. The average molecular weight is 840 g/mol. The zero-order valence-electron chi connectivity index (χ0n) is 36.4. The Morgan fingerprint density at radius 3 is 1.21 bits per heavy atom. The maximum absolute atomic E-state index is 2.44. The molecule has 1 heteroatoms. The molecule has 0 spiro atoms. The predicted octanol–water partition coefficient (Wildman–Crippen LogP) is 17.3. The predicted molar refractivity (Wildman–Crippen MR) is 278 cm³/mol. The van der Waals surface area contributed by atoms with E-state index in [1.165, 1.54) is 83.1 Å². The molecule has 0 fully saturated rings. The van der Waals surface area contributed by atoms with Crippen molar-refractivity contribution in [1.82, 2.24) is 0 Å². The molecule has 11 aromatic carbocycles. The number of rotatable bonds is 9. The Morgan fingerprint density at radius 2 is 0.636 bits per heavy atom. The lowest BCUT2D eigenvalue weighted by molar-refractivity contribution is 0.768. The molecular weight excluding hydrogens is 795 g/mol. The number of nitrogens with zero attached hydrogens (tertiary/aromatic N) is 1. The van der Waals surface area contributed by atoms with Crippen LogP contribution in [-0.4, -0.2) is 0 Å². The van der Waals surface area contributed by atoms with Gasteiger partial charge in [-0.15, -0.1) is 0 Å². The van der Waals surface area contributed by atoms with Crippen molar-refractivity contribution in [3.63, 3.8) is 0 Å². The summed E-state index contributed by atoms with van der Waals surface area (Å²) in [6.45, 7) is 0. The van der Waals surface area contributed by atoms with Crippen LogP contribution in [0.5, 0.6) is 0 Å². The Bertz CT molecular complexity index is 3430. The molecule has 66 heavy (non-hydrogen) atoms. The third-order valence-corrected chi connectivity index (χ3v) is 13.6. The van der Waals surface area contributed by atoms with Crippen LogP contribution in [0.1, 0.15) is 22.3 Å². The van der Waals surface area contributed by atoms with Gasteiger partial charge in [0.15, 0.2) is 0 Å². The Balaban J connectivity index is 1.03. The first kappa shape index (κ1) is 39.1. The van der Waals surface area contributed by atoms with Crippen LogP contribution in [0.15, 0.2) is 273 Å². The Hall–Kier alpha value is -8.52. The van der Waals surface area contributed by atoms with Crippen LogP contribution in [0.25, 0.3) is 66.4 Å². The normalized spacial score (nSPS) is 12.4. The number of fused-ring (bicyclic) bond motifs is 4. The van der Waals surface area contributed by atoms with Crippen LogP contribution >= 0.6 is 0 Å². The minimum Gasteiger partial charge on any atom is -0.310 e. The second-order valence-corrected chi connectivity index (χ2v) is 17.2. The molecule has 0 aliphatic heterocycles. The summed E-state index contributed by atoms with van der Waals surface area (Å²) in [6, 6.07) is 100.0. The molecule has 0 atom stereocenters. The van der Waals surface area contributed by atoms with Gasteiger partial charge in [0.1, 0.15) is 0 Å². The highest BCUT2D eigenvalue weighted by atomic mass is 15.1. The molecule has 0 unspecified atom stereocenters. The highest BCUT2D eigenvalue weighted by Crippen LogP contribution is 2.56. The fraction of sp³-hybridized carbons (Fsp3) is 0.0154. The third-order valence-electron chi connectivity index (χ3n) is 13.6. The summed E-state index contributed by atoms with van der Waals surface area (Å²) in [4.78, 5) is 2.44. The van der Waals surface area contributed by atoms with Crippen molar-refractivity contribution in [3.8, 4) is 55.6 Å². The maximum atomic E-state index is 2.44. The van der Waals surface area contributed by atoms with Gasteiger partial charge in [-0.1, -0.05) is 243 Å². The van der Waals surface area contributed by atoms with Gasteiger partial charge in [0, 0.05) is 16.9 Å². The SMILES string of the molecule is c1ccc(-c2ccc(-c3ccc(N(c4ccc(C5(c6ccccc6)c6ccccc6-c6ccccc65)cc4)c4ccccc4-c4cccc5cccc(-c6ccccc6)c45)cc3)cc2)cc1. The smallest absolute Gasteiger partial charge is 0.0713 e. The lowest BCUT2D eigenvalue weighted by Crippen LogP contribution is -2.28. The molecule has 0 saturated heterocycles. The molecule has 0 saturated carbocycles. The number of benzene rings is 11. The second-order valence-electron chi connectivity index (χ2n) is 17.2. The first-order valence-corrected chi connectivity index (χ1v) is 22.8. The van der Waals surface area contributed by atoms with Crippen LogP contribution in [0, 0.1) is 0 Å². The third kappa shape index (κ3) is 6.56. The molecule has 0 aromatic heterocycles. The second kappa shape index (κ2) is 16.6. The first-order valence-electron chi connectivity index (χ1n) is 22.8. The topological polar surface area (TPSA) is 3.24 Å². The van der Waals surface area contributed by atoms with E-state index < -0.39 is 5.41 Å². The van der Waals surface area contributed by atoms with Crippen LogP contribution < -0.4 is 4.90 Å². The fourth-order valence-corrected chi connectivity index (χ4v) is 10.6. The monoisotopic (exact) mass is 839 g/mol. The largest absolute Gasteiger partial charge is 0.310 e. The molecule has 0 radical (unpaired) electrons. The van der Waals surface area contributed by atoms with Crippen molar-refractivity contribution in [1.29, 1.82) is 0 Å². The molecular formula is C65H45N. The molecule has 1 aliphatic carbocycles. The van der Waals surface area contributed by atoms with Crippen molar-refractivity contribution in [2.45, 2.75) is 5.41 Å². The van der Waals surface area contributed by atoms with E-state index in [1.807, 2.05) is 0 Å². The first-order chi connectivity index (χ1) is 32.8. The van der Waals surface area contributed by atoms with E-state index in [9.17, 15) is 0 Å². The van der Waals surface area contributed by atoms with E-state index in [1.54, 1.807) is 0 Å². The van der Waals surface area contributed by atoms with Crippen LogP contribution in [0.4, 0.5) is 17.1 Å². The van der Waals surface area contributed by atoms with E-state index in [-0.39, 0.29) is 0 Å². The van der Waals surface area contributed by atoms with Crippen molar-refractivity contribution in [2.75, 3.05) is 4.90 Å². The molecule has 12 rings (SSSR count). The minimum absolute atomic E-state index is 0.482. The summed E-state index contributed by atoms with van der Waals surface area (Å²) in [5.41, 5.74) is 20.1. The van der Waals surface area contributed by atoms with E-state index in [2.05, 4.69) is 278 Å². The van der Waals surface area contributed by atoms with Crippen molar-refractivity contribution < 1.29 is 0 Å². The van der Waals surface area contributed by atoms with Gasteiger partial charge in [-0.05, 0) is 113 Å². The number of para-hydroxylation sites is 1. The Labute approximate surface area is 387 Å². The van der Waals surface area contributed by atoms with Gasteiger partial charge in [-0.25, -0.2) is 0 Å². The van der Waals surface area contributed by atoms with Gasteiger partial charge < -0.3 is 4.90 Å². The van der Waals surface area contributed by atoms with Crippen LogP contribution in [0.3, 0.4) is 0 Å². The quantitative estimate of drug-likeness (QED) is 0.140. The summed E-state index contributed by atoms with van der Waals surface area (Å²) in [7, 11) is 0. The van der Waals surface area contributed by atoms with E-state index in [4.69, 9.17) is 0 Å². The van der Waals surface area contributed by atoms with Crippen molar-refractivity contribution in [3.05, 3.63) is 295 Å². The van der Waals surface area contributed by atoms with E-state index in [0.717, 1.165) is 22.6 Å². The van der Waals surface area contributed by atoms with Crippen molar-refractivity contribution >= 4 is 27.8 Å². The summed E-state index contributed by atoms with van der Waals surface area (Å²) < 4.78 is 0. The zero-order valence-corrected chi connectivity index (χ0v) is 36.4. The van der Waals surface area contributed by atoms with Gasteiger partial charge in [-0.2, -0.15) is 0 Å². The summed E-state index contributed by atoms with van der Waals surface area (Å²) in [5.74, 6) is 0. The Morgan fingerprint density at radius 1 is 0.242 bits per heavy atom.